The van der Waals surface area contributed by atoms with E-state index in [0.29, 0.717) is 11.6 Å². The van der Waals surface area contributed by atoms with Crippen molar-refractivity contribution in [2.45, 2.75) is 11.6 Å². The number of H-pyrrole nitrogens is 1. The van der Waals surface area contributed by atoms with Crippen molar-refractivity contribution in [1.82, 2.24) is 19.5 Å². The van der Waals surface area contributed by atoms with E-state index in [1.165, 1.54) is 5.39 Å². The fourth-order valence-corrected chi connectivity index (χ4v) is 3.93. The topological polar surface area (TPSA) is 63.6 Å². The maximum atomic E-state index is 11.8. The van der Waals surface area contributed by atoms with E-state index < -0.39 is 10.8 Å². The average molecular weight is 389 g/mol. The third-order valence-corrected chi connectivity index (χ3v) is 5.29. The third kappa shape index (κ3) is 2.40. The number of nitrogens with zero attached hydrogens (tertiary/aromatic N) is 3. The zero-order chi connectivity index (χ0) is 16.0. The molecule has 0 radical (unpaired) electrons. The lowest BCUT2D eigenvalue weighted by atomic mass is 10.2. The fraction of sp³-hybridized carbons (Fsp3) is 0.125. The minimum atomic E-state index is -1.12. The molecule has 0 fully saturated rings. The van der Waals surface area contributed by atoms with Crippen LogP contribution >= 0.6 is 15.9 Å². The molecular formula is C16H13BrN4OS. The average Bonchev–Trinajstić information content (AvgIpc) is 3.12. The number of benzene rings is 1. The molecule has 4 aromatic rings. The molecule has 5 nitrogen and oxygen atoms in total. The lowest BCUT2D eigenvalue weighted by Crippen LogP contribution is -2.04. The van der Waals surface area contributed by atoms with Crippen LogP contribution in [0.25, 0.3) is 21.8 Å². The summed E-state index contributed by atoms with van der Waals surface area (Å²) in [5.74, 6) is 0. The summed E-state index contributed by atoms with van der Waals surface area (Å²) < 4.78 is 15.0. The molecule has 4 rings (SSSR count). The summed E-state index contributed by atoms with van der Waals surface area (Å²) in [6.07, 6.45) is 6.90. The van der Waals surface area contributed by atoms with Crippen LogP contribution in [0.2, 0.25) is 0 Å². The number of nitrogens with one attached hydrogen (secondary N) is 1. The number of fused-ring (bicyclic) bond motifs is 3. The summed E-state index contributed by atoms with van der Waals surface area (Å²) >= 11 is 3.54. The fourth-order valence-electron chi connectivity index (χ4n) is 2.91. The molecule has 23 heavy (non-hydrogen) atoms. The second-order valence-corrected chi connectivity index (χ2v) is 7.49. The van der Waals surface area contributed by atoms with E-state index in [-0.39, 0.29) is 0 Å². The third-order valence-electron chi connectivity index (χ3n) is 3.90. The molecule has 1 aromatic carbocycles. The number of hydrogen-bond donors (Lipinski definition) is 1. The van der Waals surface area contributed by atoms with Gasteiger partial charge in [0.15, 0.2) is 0 Å². The highest BCUT2D eigenvalue weighted by Gasteiger charge is 2.15. The summed E-state index contributed by atoms with van der Waals surface area (Å²) in [5, 5.41) is 2.92. The Morgan fingerprint density at radius 2 is 2.09 bits per heavy atom. The van der Waals surface area contributed by atoms with Gasteiger partial charge in [-0.3, -0.25) is 9.19 Å². The molecule has 1 N–H and O–H groups in total. The zero-order valence-corrected chi connectivity index (χ0v) is 14.7. The number of halogens is 1. The van der Waals surface area contributed by atoms with Crippen LogP contribution in [0.5, 0.6) is 0 Å². The van der Waals surface area contributed by atoms with Crippen LogP contribution in [0.3, 0.4) is 0 Å². The van der Waals surface area contributed by atoms with E-state index in [1.54, 1.807) is 18.8 Å². The Labute approximate surface area is 143 Å². The first kappa shape index (κ1) is 14.6. The van der Waals surface area contributed by atoms with Crippen molar-refractivity contribution in [2.24, 2.45) is 0 Å². The van der Waals surface area contributed by atoms with Gasteiger partial charge >= 0.3 is 0 Å². The van der Waals surface area contributed by atoms with Gasteiger partial charge in [-0.05, 0) is 18.2 Å². The summed E-state index contributed by atoms with van der Waals surface area (Å²) in [6.45, 7) is 0.567. The Balaban J connectivity index is 1.99. The first-order valence-electron chi connectivity index (χ1n) is 7.02. The molecule has 3 aromatic heterocycles. The van der Waals surface area contributed by atoms with E-state index in [9.17, 15) is 4.21 Å². The van der Waals surface area contributed by atoms with Gasteiger partial charge in [-0.25, -0.2) is 4.98 Å². The molecule has 0 unspecified atom stereocenters. The smallest absolute Gasteiger partial charge is 0.149 e. The molecule has 116 valence electrons. The number of aromatic amines is 1. The van der Waals surface area contributed by atoms with Crippen LogP contribution in [0.4, 0.5) is 0 Å². The van der Waals surface area contributed by atoms with Crippen molar-refractivity contribution in [3.63, 3.8) is 0 Å². The van der Waals surface area contributed by atoms with Gasteiger partial charge in [0.2, 0.25) is 0 Å². The molecular weight excluding hydrogens is 376 g/mol. The Bertz CT molecular complexity index is 1050. The quantitative estimate of drug-likeness (QED) is 0.584. The Morgan fingerprint density at radius 1 is 1.26 bits per heavy atom. The lowest BCUT2D eigenvalue weighted by Gasteiger charge is -2.07. The second-order valence-electron chi connectivity index (χ2n) is 5.28. The summed E-state index contributed by atoms with van der Waals surface area (Å²) in [6, 6.07) is 8.25. The van der Waals surface area contributed by atoms with Crippen LogP contribution < -0.4 is 0 Å². The maximum Gasteiger partial charge on any atom is 0.149 e. The minimum Gasteiger partial charge on any atom is -0.346 e. The molecule has 0 aliphatic carbocycles. The molecule has 0 spiro atoms. The summed E-state index contributed by atoms with van der Waals surface area (Å²) in [5.41, 5.74) is 3.00. The van der Waals surface area contributed by atoms with Crippen molar-refractivity contribution >= 4 is 48.5 Å². The van der Waals surface area contributed by atoms with Crippen LogP contribution in [-0.4, -0.2) is 30.0 Å². The highest BCUT2D eigenvalue weighted by molar-refractivity contribution is 9.10. The van der Waals surface area contributed by atoms with Crippen molar-refractivity contribution < 1.29 is 4.21 Å². The number of rotatable bonds is 3. The zero-order valence-electron chi connectivity index (χ0n) is 12.3. The normalized spacial score (nSPS) is 13.0. The van der Waals surface area contributed by atoms with Crippen molar-refractivity contribution in [2.75, 3.05) is 6.26 Å². The van der Waals surface area contributed by atoms with E-state index in [0.717, 1.165) is 26.6 Å². The van der Waals surface area contributed by atoms with Gasteiger partial charge in [0.05, 0.1) is 46.6 Å². The number of pyridine rings is 1. The standard InChI is InChI=1S/C16H13BrN4OS/c1-23(22)16-13(19-9-20-16)8-21-14-6-10(17)2-3-11(14)12-4-5-18-7-15(12)21/h2-7,9H,8H2,1H3,(H,19,20)/t23-/m1/s1. The largest absolute Gasteiger partial charge is 0.346 e. The second kappa shape index (κ2) is 5.58. The molecule has 0 aliphatic heterocycles. The summed E-state index contributed by atoms with van der Waals surface area (Å²) in [4.78, 5) is 11.6. The molecule has 3 heterocycles. The predicted molar refractivity (Wildman–Crippen MR) is 95.0 cm³/mol. The molecule has 0 aliphatic rings. The molecule has 7 heteroatoms. The Kier molecular flexibility index (Phi) is 3.54. The van der Waals surface area contributed by atoms with E-state index >= 15 is 0 Å². The first-order chi connectivity index (χ1) is 11.1. The summed E-state index contributed by atoms with van der Waals surface area (Å²) in [7, 11) is -1.12. The van der Waals surface area contributed by atoms with Crippen LogP contribution in [0.15, 0.2) is 52.5 Å². The monoisotopic (exact) mass is 388 g/mol. The Hall–Kier alpha value is -1.99. The van der Waals surface area contributed by atoms with Crippen molar-refractivity contribution in [3.05, 3.63) is 53.2 Å². The van der Waals surface area contributed by atoms with Crippen LogP contribution in [0, 0.1) is 0 Å². The highest BCUT2D eigenvalue weighted by atomic mass is 79.9. The van der Waals surface area contributed by atoms with Gasteiger partial charge in [0.1, 0.15) is 5.03 Å². The molecule has 0 saturated carbocycles. The van der Waals surface area contributed by atoms with Gasteiger partial charge in [0.25, 0.3) is 0 Å². The van der Waals surface area contributed by atoms with Gasteiger partial charge < -0.3 is 9.55 Å². The van der Waals surface area contributed by atoms with Gasteiger partial charge in [0, 0.05) is 27.7 Å². The first-order valence-corrected chi connectivity index (χ1v) is 9.37. The van der Waals surface area contributed by atoms with Gasteiger partial charge in [-0.2, -0.15) is 0 Å². The van der Waals surface area contributed by atoms with Crippen molar-refractivity contribution in [1.29, 1.82) is 0 Å². The predicted octanol–water partition coefficient (Wildman–Crippen LogP) is 3.46. The lowest BCUT2D eigenvalue weighted by molar-refractivity contribution is 0.682. The van der Waals surface area contributed by atoms with Crippen LogP contribution in [-0.2, 0) is 17.3 Å². The van der Waals surface area contributed by atoms with E-state index in [4.69, 9.17) is 0 Å². The van der Waals surface area contributed by atoms with Crippen LogP contribution in [0.1, 0.15) is 5.69 Å². The molecule has 0 amide bonds. The van der Waals surface area contributed by atoms with Crippen molar-refractivity contribution in [3.8, 4) is 0 Å². The highest BCUT2D eigenvalue weighted by Crippen LogP contribution is 2.31. The number of aromatic nitrogens is 4. The van der Waals surface area contributed by atoms with Gasteiger partial charge in [-0.1, -0.05) is 22.0 Å². The molecule has 1 atom stereocenters. The Morgan fingerprint density at radius 3 is 2.91 bits per heavy atom. The minimum absolute atomic E-state index is 0.567. The van der Waals surface area contributed by atoms with Gasteiger partial charge in [-0.15, -0.1) is 0 Å². The SMILES string of the molecule is C[S@@](=O)c1nc[nH]c1Cn1c2cnccc2c2ccc(Br)cc21. The molecule has 0 bridgehead atoms. The molecule has 0 saturated heterocycles. The van der Waals surface area contributed by atoms with E-state index in [1.807, 2.05) is 18.3 Å². The number of imidazole rings is 1. The number of hydrogen-bond acceptors (Lipinski definition) is 3. The maximum absolute atomic E-state index is 11.8. The van der Waals surface area contributed by atoms with E-state index in [2.05, 4.69) is 47.6 Å².